The van der Waals surface area contributed by atoms with Crippen molar-refractivity contribution in [2.24, 2.45) is 0 Å². The van der Waals surface area contributed by atoms with Gasteiger partial charge in [0.1, 0.15) is 4.88 Å². The molecular weight excluding hydrogens is 270 g/mol. The van der Waals surface area contributed by atoms with Gasteiger partial charge in [-0.15, -0.1) is 0 Å². The molecule has 94 valence electrons. The summed E-state index contributed by atoms with van der Waals surface area (Å²) in [6.07, 6.45) is 0. The number of hydrogen-bond donors (Lipinski definition) is 2. The summed E-state index contributed by atoms with van der Waals surface area (Å²) in [7, 11) is 0. The standard InChI is InChI=1S/C12H12ClN3OS/c1-6-4-3-5-8(13)9(6)16-11(17)10-7(2)15-12(14)18-10/h3-5H,1-2H3,(H2,14,15)(H,16,17). The minimum Gasteiger partial charge on any atom is -0.375 e. The molecule has 6 heteroatoms. The number of para-hydroxylation sites is 1. The van der Waals surface area contributed by atoms with E-state index in [2.05, 4.69) is 10.3 Å². The number of amides is 1. The van der Waals surface area contributed by atoms with Crippen LogP contribution >= 0.6 is 22.9 Å². The summed E-state index contributed by atoms with van der Waals surface area (Å²) in [6, 6.07) is 5.46. The number of aromatic nitrogens is 1. The topological polar surface area (TPSA) is 68.0 Å². The molecule has 1 heterocycles. The lowest BCUT2D eigenvalue weighted by Gasteiger charge is -2.09. The van der Waals surface area contributed by atoms with Gasteiger partial charge >= 0.3 is 0 Å². The van der Waals surface area contributed by atoms with Gasteiger partial charge < -0.3 is 11.1 Å². The Morgan fingerprint density at radius 3 is 2.72 bits per heavy atom. The van der Waals surface area contributed by atoms with Crippen molar-refractivity contribution in [2.45, 2.75) is 13.8 Å². The van der Waals surface area contributed by atoms with E-state index >= 15 is 0 Å². The van der Waals surface area contributed by atoms with Crippen molar-refractivity contribution in [3.63, 3.8) is 0 Å². The van der Waals surface area contributed by atoms with Crippen LogP contribution in [-0.2, 0) is 0 Å². The third-order valence-corrected chi connectivity index (χ3v) is 3.78. The summed E-state index contributed by atoms with van der Waals surface area (Å²) in [4.78, 5) is 16.6. The molecule has 0 atom stereocenters. The Balaban J connectivity index is 2.30. The van der Waals surface area contributed by atoms with Gasteiger partial charge in [0.25, 0.3) is 5.91 Å². The predicted octanol–water partition coefficient (Wildman–Crippen LogP) is 3.25. The van der Waals surface area contributed by atoms with E-state index < -0.39 is 0 Å². The van der Waals surface area contributed by atoms with E-state index in [1.54, 1.807) is 13.0 Å². The van der Waals surface area contributed by atoms with Crippen molar-refractivity contribution >= 4 is 39.7 Å². The maximum absolute atomic E-state index is 12.1. The molecule has 0 bridgehead atoms. The number of benzene rings is 1. The molecular formula is C12H12ClN3OS. The van der Waals surface area contributed by atoms with Gasteiger partial charge in [-0.25, -0.2) is 4.98 Å². The number of carbonyl (C=O) groups excluding carboxylic acids is 1. The Morgan fingerprint density at radius 1 is 1.44 bits per heavy atom. The quantitative estimate of drug-likeness (QED) is 0.888. The van der Waals surface area contributed by atoms with Gasteiger partial charge in [0.05, 0.1) is 16.4 Å². The summed E-state index contributed by atoms with van der Waals surface area (Å²) in [5.41, 5.74) is 7.73. The number of anilines is 2. The van der Waals surface area contributed by atoms with Crippen LogP contribution in [0, 0.1) is 13.8 Å². The van der Waals surface area contributed by atoms with Gasteiger partial charge in [0.15, 0.2) is 5.13 Å². The van der Waals surface area contributed by atoms with E-state index in [1.807, 2.05) is 19.1 Å². The molecule has 1 aromatic carbocycles. The Morgan fingerprint density at radius 2 is 2.17 bits per heavy atom. The van der Waals surface area contributed by atoms with E-state index in [-0.39, 0.29) is 5.91 Å². The lowest BCUT2D eigenvalue weighted by atomic mass is 10.2. The average Bonchev–Trinajstić information content (AvgIpc) is 2.63. The van der Waals surface area contributed by atoms with E-state index in [4.69, 9.17) is 17.3 Å². The zero-order valence-electron chi connectivity index (χ0n) is 9.95. The van der Waals surface area contributed by atoms with Crippen LogP contribution in [0.25, 0.3) is 0 Å². The monoisotopic (exact) mass is 281 g/mol. The Kier molecular flexibility index (Phi) is 3.54. The fourth-order valence-corrected chi connectivity index (χ4v) is 2.59. The second-order valence-corrected chi connectivity index (χ2v) is 5.29. The summed E-state index contributed by atoms with van der Waals surface area (Å²) in [6.45, 7) is 3.64. The molecule has 0 aliphatic heterocycles. The number of nitrogens with two attached hydrogens (primary N) is 1. The van der Waals surface area contributed by atoms with Gasteiger partial charge in [0, 0.05) is 0 Å². The third kappa shape index (κ3) is 2.47. The van der Waals surface area contributed by atoms with Crippen LogP contribution in [0.15, 0.2) is 18.2 Å². The number of rotatable bonds is 2. The first-order valence-corrected chi connectivity index (χ1v) is 6.48. The van der Waals surface area contributed by atoms with Crippen molar-refractivity contribution in [2.75, 3.05) is 11.1 Å². The molecule has 4 nitrogen and oxygen atoms in total. The van der Waals surface area contributed by atoms with Gasteiger partial charge in [-0.1, -0.05) is 35.1 Å². The van der Waals surface area contributed by atoms with Crippen molar-refractivity contribution in [3.8, 4) is 0 Å². The minimum absolute atomic E-state index is 0.238. The molecule has 18 heavy (non-hydrogen) atoms. The molecule has 2 aromatic rings. The molecule has 0 fully saturated rings. The predicted molar refractivity (Wildman–Crippen MR) is 75.4 cm³/mol. The van der Waals surface area contributed by atoms with E-state index in [0.29, 0.717) is 26.4 Å². The van der Waals surface area contributed by atoms with Crippen molar-refractivity contribution in [3.05, 3.63) is 39.4 Å². The number of thiazole rings is 1. The van der Waals surface area contributed by atoms with E-state index in [0.717, 1.165) is 16.9 Å². The highest BCUT2D eigenvalue weighted by atomic mass is 35.5. The van der Waals surface area contributed by atoms with E-state index in [9.17, 15) is 4.79 Å². The smallest absolute Gasteiger partial charge is 0.267 e. The van der Waals surface area contributed by atoms with Crippen LogP contribution in [0.4, 0.5) is 10.8 Å². The highest BCUT2D eigenvalue weighted by Gasteiger charge is 2.16. The second-order valence-electron chi connectivity index (χ2n) is 3.85. The maximum Gasteiger partial charge on any atom is 0.267 e. The van der Waals surface area contributed by atoms with Crippen LogP contribution < -0.4 is 11.1 Å². The van der Waals surface area contributed by atoms with Crippen molar-refractivity contribution < 1.29 is 4.79 Å². The zero-order chi connectivity index (χ0) is 13.3. The second kappa shape index (κ2) is 4.96. The number of nitrogens with zero attached hydrogens (tertiary/aromatic N) is 1. The molecule has 3 N–H and O–H groups in total. The van der Waals surface area contributed by atoms with Crippen LogP contribution in [-0.4, -0.2) is 10.9 Å². The summed E-state index contributed by atoms with van der Waals surface area (Å²) >= 11 is 7.22. The number of nitrogens with one attached hydrogen (secondary N) is 1. The van der Waals surface area contributed by atoms with Crippen LogP contribution in [0.5, 0.6) is 0 Å². The molecule has 0 saturated heterocycles. The number of nitrogen functional groups attached to an aromatic ring is 1. The molecule has 0 saturated carbocycles. The van der Waals surface area contributed by atoms with Gasteiger partial charge in [-0.2, -0.15) is 0 Å². The van der Waals surface area contributed by atoms with Gasteiger partial charge in [0.2, 0.25) is 0 Å². The molecule has 0 aliphatic carbocycles. The minimum atomic E-state index is -0.238. The first kappa shape index (κ1) is 12.9. The Labute approximate surface area is 114 Å². The molecule has 1 amide bonds. The normalized spacial score (nSPS) is 10.4. The lowest BCUT2D eigenvalue weighted by molar-refractivity contribution is 0.102. The third-order valence-electron chi connectivity index (χ3n) is 2.48. The highest BCUT2D eigenvalue weighted by Crippen LogP contribution is 2.27. The van der Waals surface area contributed by atoms with E-state index in [1.165, 1.54) is 0 Å². The fourth-order valence-electron chi connectivity index (χ4n) is 1.59. The van der Waals surface area contributed by atoms with Gasteiger partial charge in [-0.3, -0.25) is 4.79 Å². The van der Waals surface area contributed by atoms with Crippen molar-refractivity contribution in [1.29, 1.82) is 0 Å². The molecule has 1 aromatic heterocycles. The zero-order valence-corrected chi connectivity index (χ0v) is 11.5. The summed E-state index contributed by atoms with van der Waals surface area (Å²) < 4.78 is 0. The Hall–Kier alpha value is -1.59. The molecule has 0 radical (unpaired) electrons. The van der Waals surface area contributed by atoms with Crippen LogP contribution in [0.3, 0.4) is 0 Å². The Bertz CT molecular complexity index is 589. The van der Waals surface area contributed by atoms with Crippen LogP contribution in [0.1, 0.15) is 20.9 Å². The number of hydrogen-bond acceptors (Lipinski definition) is 4. The summed E-state index contributed by atoms with van der Waals surface area (Å²) in [5.74, 6) is -0.238. The van der Waals surface area contributed by atoms with Crippen molar-refractivity contribution in [1.82, 2.24) is 4.98 Å². The molecule has 2 rings (SSSR count). The summed E-state index contributed by atoms with van der Waals surface area (Å²) in [5, 5.41) is 3.69. The lowest BCUT2D eigenvalue weighted by Crippen LogP contribution is -2.12. The van der Waals surface area contributed by atoms with Crippen LogP contribution in [0.2, 0.25) is 5.02 Å². The number of aryl methyl sites for hydroxylation is 2. The maximum atomic E-state index is 12.1. The average molecular weight is 282 g/mol. The number of halogens is 1. The SMILES string of the molecule is Cc1cccc(Cl)c1NC(=O)c1sc(N)nc1C. The van der Waals surface area contributed by atoms with Gasteiger partial charge in [-0.05, 0) is 25.5 Å². The molecule has 0 spiro atoms. The first-order valence-electron chi connectivity index (χ1n) is 5.28. The molecule has 0 unspecified atom stereocenters. The molecule has 0 aliphatic rings. The largest absolute Gasteiger partial charge is 0.375 e. The first-order chi connectivity index (χ1) is 8.49. The number of carbonyl (C=O) groups is 1. The fraction of sp³-hybridized carbons (Fsp3) is 0.167. The highest BCUT2D eigenvalue weighted by molar-refractivity contribution is 7.17.